The van der Waals surface area contributed by atoms with E-state index in [1.807, 2.05) is 0 Å². The van der Waals surface area contributed by atoms with Crippen LogP contribution in [0.25, 0.3) is 0 Å². The van der Waals surface area contributed by atoms with E-state index in [2.05, 4.69) is 19.8 Å². The smallest absolute Gasteiger partial charge is 0.296 e. The van der Waals surface area contributed by atoms with Gasteiger partial charge >= 0.3 is 6.18 Å². The van der Waals surface area contributed by atoms with Crippen molar-refractivity contribution in [2.24, 2.45) is 0 Å². The summed E-state index contributed by atoms with van der Waals surface area (Å²) in [5.41, 5.74) is -1.61. The fourth-order valence-corrected chi connectivity index (χ4v) is 2.72. The van der Waals surface area contributed by atoms with E-state index in [-0.39, 0.29) is 11.7 Å². The number of thioether (sulfide) groups is 1. The normalized spacial score (nSPS) is 11.7. The highest BCUT2D eigenvalue weighted by Crippen LogP contribution is 2.32. The second kappa shape index (κ2) is 6.02. The van der Waals surface area contributed by atoms with E-state index in [1.54, 1.807) is 6.26 Å². The number of alkyl halides is 3. The predicted molar refractivity (Wildman–Crippen MR) is 72.5 cm³/mol. The second-order valence-electron chi connectivity index (χ2n) is 3.76. The minimum atomic E-state index is -4.66. The van der Waals surface area contributed by atoms with Crippen LogP contribution in [0.1, 0.15) is 23.0 Å². The van der Waals surface area contributed by atoms with Crippen LogP contribution in [0.15, 0.2) is 11.4 Å². The van der Waals surface area contributed by atoms with Gasteiger partial charge in [-0.2, -0.15) is 27.6 Å². The average molecular weight is 337 g/mol. The summed E-state index contributed by atoms with van der Waals surface area (Å²) in [5, 5.41) is 6.47. The van der Waals surface area contributed by atoms with Crippen molar-refractivity contribution >= 4 is 34.3 Å². The molecule has 21 heavy (non-hydrogen) atoms. The van der Waals surface area contributed by atoms with E-state index in [4.69, 9.17) is 0 Å². The summed E-state index contributed by atoms with van der Waals surface area (Å²) in [6.07, 6.45) is -2.01. The van der Waals surface area contributed by atoms with Gasteiger partial charge in [-0.1, -0.05) is 11.8 Å². The van der Waals surface area contributed by atoms with Crippen LogP contribution in [0.5, 0.6) is 0 Å². The van der Waals surface area contributed by atoms with Crippen LogP contribution in [0.4, 0.5) is 18.3 Å². The molecule has 1 N–H and O–H groups in total. The lowest BCUT2D eigenvalue weighted by atomic mass is 10.2. The average Bonchev–Trinajstić information content (AvgIpc) is 3.03. The summed E-state index contributed by atoms with van der Waals surface area (Å²) in [5.74, 6) is -0.911. The molecule has 0 fully saturated rings. The number of amides is 1. The lowest BCUT2D eigenvalue weighted by Crippen LogP contribution is -2.21. The molecule has 0 unspecified atom stereocenters. The highest BCUT2D eigenvalue weighted by molar-refractivity contribution is 7.98. The Morgan fingerprint density at radius 2 is 2.24 bits per heavy atom. The number of nitrogens with one attached hydrogen (secondary N) is 1. The maximum Gasteiger partial charge on any atom is 0.433 e. The molecule has 2 heterocycles. The lowest BCUT2D eigenvalue weighted by molar-refractivity contribution is -0.144. The van der Waals surface area contributed by atoms with Crippen LogP contribution in [-0.4, -0.2) is 31.3 Å². The number of halogens is 3. The van der Waals surface area contributed by atoms with E-state index >= 15 is 0 Å². The first kappa shape index (κ1) is 15.8. The highest BCUT2D eigenvalue weighted by Gasteiger charge is 2.39. The minimum Gasteiger partial charge on any atom is -0.296 e. The molecule has 0 saturated heterocycles. The Labute approximate surface area is 125 Å². The molecule has 0 atom stereocenters. The third-order valence-corrected chi connectivity index (χ3v) is 3.76. The second-order valence-corrected chi connectivity index (χ2v) is 5.29. The maximum absolute atomic E-state index is 13.0. The summed E-state index contributed by atoms with van der Waals surface area (Å²) in [6, 6.07) is 0. The van der Waals surface area contributed by atoms with Crippen molar-refractivity contribution in [3.05, 3.63) is 17.5 Å². The number of hydrogen-bond donors (Lipinski definition) is 1. The van der Waals surface area contributed by atoms with Gasteiger partial charge in [0.15, 0.2) is 5.69 Å². The molecule has 2 rings (SSSR count). The Hall–Kier alpha value is -1.62. The predicted octanol–water partition coefficient (Wildman–Crippen LogP) is 2.75. The Balaban J connectivity index is 2.29. The molecule has 2 aromatic heterocycles. The van der Waals surface area contributed by atoms with Gasteiger partial charge in [-0.15, -0.1) is 0 Å². The first-order valence-corrected chi connectivity index (χ1v) is 7.68. The van der Waals surface area contributed by atoms with Crippen LogP contribution in [0.3, 0.4) is 0 Å². The fraction of sp³-hybridized carbons (Fsp3) is 0.400. The van der Waals surface area contributed by atoms with Gasteiger partial charge in [-0.05, 0) is 13.2 Å². The Kier molecular flexibility index (Phi) is 4.52. The van der Waals surface area contributed by atoms with Crippen molar-refractivity contribution in [3.63, 3.8) is 0 Å². The lowest BCUT2D eigenvalue weighted by Gasteiger charge is -2.10. The van der Waals surface area contributed by atoms with Crippen molar-refractivity contribution in [2.75, 3.05) is 11.6 Å². The van der Waals surface area contributed by atoms with Crippen LogP contribution >= 0.6 is 23.3 Å². The largest absolute Gasteiger partial charge is 0.433 e. The molecule has 0 bridgehead atoms. The van der Waals surface area contributed by atoms with E-state index < -0.39 is 23.3 Å². The van der Waals surface area contributed by atoms with Crippen LogP contribution < -0.4 is 5.32 Å². The first-order valence-electron chi connectivity index (χ1n) is 5.68. The number of nitrogens with zero attached hydrogens (tertiary/aromatic N) is 4. The van der Waals surface area contributed by atoms with Crippen molar-refractivity contribution in [2.45, 2.75) is 24.8 Å². The number of hydrogen-bond acceptors (Lipinski definition) is 6. The molecule has 0 aromatic carbocycles. The number of anilines is 1. The molecule has 0 aliphatic rings. The van der Waals surface area contributed by atoms with Gasteiger partial charge in [0.05, 0.1) is 11.8 Å². The van der Waals surface area contributed by atoms with E-state index in [9.17, 15) is 18.0 Å². The standard InChI is InChI=1S/C10H10F3N5OS2/c1-3-18-6(10(11,12)13)5(4-14-18)7(19)15-8-16-9(20-2)17-21-8/h4H,3H2,1-2H3,(H,15,16,17,19). The van der Waals surface area contributed by atoms with Crippen LogP contribution in [-0.2, 0) is 12.7 Å². The van der Waals surface area contributed by atoms with Gasteiger partial charge in [-0.3, -0.25) is 14.8 Å². The Morgan fingerprint density at radius 3 is 2.76 bits per heavy atom. The van der Waals surface area contributed by atoms with Crippen LogP contribution in [0.2, 0.25) is 0 Å². The van der Waals surface area contributed by atoms with Crippen molar-refractivity contribution < 1.29 is 18.0 Å². The van der Waals surface area contributed by atoms with Crippen molar-refractivity contribution in [3.8, 4) is 0 Å². The summed E-state index contributed by atoms with van der Waals surface area (Å²) in [7, 11) is 0. The molecule has 0 aliphatic carbocycles. The highest BCUT2D eigenvalue weighted by atomic mass is 32.2. The molecule has 11 heteroatoms. The van der Waals surface area contributed by atoms with Gasteiger partial charge in [0.1, 0.15) is 0 Å². The Morgan fingerprint density at radius 1 is 1.52 bits per heavy atom. The number of carbonyl (C=O) groups excluding carboxylic acids is 1. The SMILES string of the molecule is CCn1ncc(C(=O)Nc2nc(SC)ns2)c1C(F)(F)F. The molecular weight excluding hydrogens is 327 g/mol. The van der Waals surface area contributed by atoms with Gasteiger partial charge in [0, 0.05) is 18.1 Å². The zero-order chi connectivity index (χ0) is 15.6. The topological polar surface area (TPSA) is 72.7 Å². The van der Waals surface area contributed by atoms with Gasteiger partial charge in [0.2, 0.25) is 10.3 Å². The molecule has 0 radical (unpaired) electrons. The van der Waals surface area contributed by atoms with E-state index in [0.29, 0.717) is 5.16 Å². The van der Waals surface area contributed by atoms with Gasteiger partial charge < -0.3 is 0 Å². The number of carbonyl (C=O) groups is 1. The fourth-order valence-electron chi connectivity index (χ4n) is 1.60. The summed E-state index contributed by atoms with van der Waals surface area (Å²) in [6.45, 7) is 1.52. The van der Waals surface area contributed by atoms with Gasteiger partial charge in [-0.25, -0.2) is 0 Å². The van der Waals surface area contributed by atoms with Crippen LogP contribution in [0, 0.1) is 0 Å². The summed E-state index contributed by atoms with van der Waals surface area (Å²) in [4.78, 5) is 15.9. The van der Waals surface area contributed by atoms with E-state index in [0.717, 1.165) is 22.4 Å². The minimum absolute atomic E-state index is 0.0115. The van der Waals surface area contributed by atoms with Crippen molar-refractivity contribution in [1.29, 1.82) is 0 Å². The monoisotopic (exact) mass is 337 g/mol. The third-order valence-electron chi connectivity index (χ3n) is 2.46. The third kappa shape index (κ3) is 3.35. The maximum atomic E-state index is 13.0. The quantitative estimate of drug-likeness (QED) is 0.869. The molecule has 2 aromatic rings. The molecule has 0 aliphatic heterocycles. The van der Waals surface area contributed by atoms with Gasteiger partial charge in [0.25, 0.3) is 5.91 Å². The molecule has 6 nitrogen and oxygen atoms in total. The number of aryl methyl sites for hydroxylation is 1. The van der Waals surface area contributed by atoms with Crippen molar-refractivity contribution in [1.82, 2.24) is 19.1 Å². The summed E-state index contributed by atoms with van der Waals surface area (Å²) < 4.78 is 43.7. The molecule has 114 valence electrons. The first-order chi connectivity index (χ1) is 9.86. The molecule has 0 spiro atoms. The zero-order valence-electron chi connectivity index (χ0n) is 10.9. The van der Waals surface area contributed by atoms with E-state index in [1.165, 1.54) is 18.7 Å². The molecular formula is C10H10F3N5OS2. The number of aromatic nitrogens is 4. The molecule has 0 saturated carbocycles. The Bertz CT molecular complexity index is 651. The number of rotatable bonds is 4. The zero-order valence-corrected chi connectivity index (χ0v) is 12.6. The molecule has 1 amide bonds. The summed E-state index contributed by atoms with van der Waals surface area (Å²) >= 11 is 2.17.